The first-order valence-corrected chi connectivity index (χ1v) is 13.1. The van der Waals surface area contributed by atoms with Gasteiger partial charge < -0.3 is 30.6 Å². The lowest BCUT2D eigenvalue weighted by Gasteiger charge is -2.27. The van der Waals surface area contributed by atoms with Crippen molar-refractivity contribution in [3.05, 3.63) is 0 Å². The summed E-state index contributed by atoms with van der Waals surface area (Å²) < 4.78 is 5.87. The zero-order valence-electron chi connectivity index (χ0n) is 25.2. The topological polar surface area (TPSA) is 117 Å². The molecule has 1 atom stereocenters. The third-order valence-electron chi connectivity index (χ3n) is 4.53. The van der Waals surface area contributed by atoms with Gasteiger partial charge in [0.05, 0.1) is 5.60 Å². The fourth-order valence-corrected chi connectivity index (χ4v) is 2.38. The maximum Gasteiger partial charge on any atom is 0.320 e. The first-order valence-electron chi connectivity index (χ1n) is 13.1. The van der Waals surface area contributed by atoms with E-state index >= 15 is 0 Å². The smallest absolute Gasteiger partial charge is 0.320 e. The molecule has 35 heavy (non-hydrogen) atoms. The van der Waals surface area contributed by atoms with Crippen molar-refractivity contribution in [1.82, 2.24) is 16.0 Å². The largest absolute Gasteiger partial charge is 0.480 e. The van der Waals surface area contributed by atoms with Crippen molar-refractivity contribution < 1.29 is 24.2 Å². The molecule has 0 aromatic carbocycles. The van der Waals surface area contributed by atoms with Gasteiger partial charge >= 0.3 is 5.97 Å². The predicted octanol–water partition coefficient (Wildman–Crippen LogP) is 5.05. The van der Waals surface area contributed by atoms with Crippen LogP contribution < -0.4 is 16.0 Å². The number of carboxylic acid groups (broad SMARTS) is 1. The van der Waals surface area contributed by atoms with Crippen LogP contribution in [0, 0.1) is 5.41 Å². The van der Waals surface area contributed by atoms with E-state index in [9.17, 15) is 9.59 Å². The van der Waals surface area contributed by atoms with Crippen LogP contribution in [-0.2, 0) is 19.1 Å². The molecule has 0 saturated heterocycles. The Morgan fingerprint density at radius 2 is 1.43 bits per heavy atom. The zero-order valence-corrected chi connectivity index (χ0v) is 25.2. The van der Waals surface area contributed by atoms with Gasteiger partial charge in [0, 0.05) is 19.6 Å². The molecule has 0 aromatic heterocycles. The van der Waals surface area contributed by atoms with Gasteiger partial charge in [0.15, 0.2) is 0 Å². The predicted molar refractivity (Wildman–Crippen MR) is 150 cm³/mol. The summed E-state index contributed by atoms with van der Waals surface area (Å²) in [5.74, 6) is -0.655. The minimum atomic E-state index is -0.762. The highest BCUT2D eigenvalue weighted by Crippen LogP contribution is 2.21. The third kappa shape index (κ3) is 40.0. The fraction of sp³-hybridized carbons (Fsp3) is 0.889. The van der Waals surface area contributed by atoms with E-state index in [0.29, 0.717) is 24.8 Å². The van der Waals surface area contributed by atoms with Gasteiger partial charge in [-0.15, -0.1) is 0 Å². The Morgan fingerprint density at radius 1 is 0.914 bits per heavy atom. The summed E-state index contributed by atoms with van der Waals surface area (Å²) in [4.78, 5) is 29.6. The Kier molecular flexibility index (Phi) is 38.0. The number of rotatable bonds is 14. The number of carbonyl (C=O) groups is 3. The highest BCUT2D eigenvalue weighted by atomic mass is 16.5. The number of nitrogens with one attached hydrogen (secondary N) is 3. The van der Waals surface area contributed by atoms with Gasteiger partial charge in [0.2, 0.25) is 5.91 Å². The number of ether oxygens (including phenoxy) is 1. The van der Waals surface area contributed by atoms with Gasteiger partial charge in [-0.3, -0.25) is 9.59 Å². The Balaban J connectivity index is -0.000000146. The standard InChI is InChI=1S/C14H29NO2.C8H18N2O2.2C2H6.CH2O/c1-7-12(16)15-10-8-14(5,6)17-11-9-13(2,3)4;1-9-6-4-3-5-7(10-2)8(11)12;3*1-2/h7-11H2,1-6H3,(H,15,16);7,9-10H,3-6H2,1-2H3,(H,11,12);2*1-2H3;1H2. The lowest BCUT2D eigenvalue weighted by molar-refractivity contribution is -0.139. The van der Waals surface area contributed by atoms with Gasteiger partial charge in [-0.05, 0) is 65.6 Å². The summed E-state index contributed by atoms with van der Waals surface area (Å²) in [5, 5.41) is 17.3. The van der Waals surface area contributed by atoms with E-state index in [4.69, 9.17) is 14.6 Å². The number of amides is 1. The Bertz CT molecular complexity index is 453. The van der Waals surface area contributed by atoms with Gasteiger partial charge in [-0.1, -0.05) is 61.8 Å². The van der Waals surface area contributed by atoms with E-state index < -0.39 is 5.97 Å². The molecule has 8 nitrogen and oxygen atoms in total. The molecule has 1 unspecified atom stereocenters. The average molecular weight is 508 g/mol. The second kappa shape index (κ2) is 30.5. The highest BCUT2D eigenvalue weighted by Gasteiger charge is 2.20. The SMILES string of the molecule is C=O.CC.CC.CCC(=O)NCCC(C)(C)OCCC(C)(C)C.CNCCCCC(NC)C(=O)O. The number of hydrogen-bond donors (Lipinski definition) is 4. The van der Waals surface area contributed by atoms with Crippen molar-refractivity contribution in [1.29, 1.82) is 0 Å². The van der Waals surface area contributed by atoms with Crippen LogP contribution in [0.2, 0.25) is 0 Å². The third-order valence-corrected chi connectivity index (χ3v) is 4.53. The Labute approximate surface area is 217 Å². The van der Waals surface area contributed by atoms with Gasteiger partial charge in [0.1, 0.15) is 12.8 Å². The second-order valence-electron chi connectivity index (χ2n) is 9.15. The first kappa shape index (κ1) is 43.6. The van der Waals surface area contributed by atoms with Gasteiger partial charge in [-0.25, -0.2) is 0 Å². The van der Waals surface area contributed by atoms with Gasteiger partial charge in [-0.2, -0.15) is 0 Å². The van der Waals surface area contributed by atoms with Crippen molar-refractivity contribution in [2.75, 3.05) is 33.8 Å². The molecule has 0 spiro atoms. The minimum Gasteiger partial charge on any atom is -0.480 e. The number of aliphatic carboxylic acids is 1. The number of carboxylic acids is 1. The maximum absolute atomic E-state index is 11.1. The molecule has 0 rings (SSSR count). The molecular formula is C27H61N3O5. The van der Waals surface area contributed by atoms with Crippen molar-refractivity contribution in [2.24, 2.45) is 5.41 Å². The van der Waals surface area contributed by atoms with E-state index in [-0.39, 0.29) is 17.6 Å². The summed E-state index contributed by atoms with van der Waals surface area (Å²) in [7, 11) is 3.57. The van der Waals surface area contributed by atoms with E-state index in [1.807, 2.05) is 48.5 Å². The number of likely N-dealkylation sites (N-methyl/N-ethyl adjacent to an activating group) is 1. The van der Waals surface area contributed by atoms with Crippen LogP contribution in [0.4, 0.5) is 0 Å². The monoisotopic (exact) mass is 507 g/mol. The molecule has 0 radical (unpaired) electrons. The first-order chi connectivity index (χ1) is 16.4. The molecule has 0 aliphatic carbocycles. The van der Waals surface area contributed by atoms with Crippen LogP contribution >= 0.6 is 0 Å². The zero-order chi connectivity index (χ0) is 28.9. The number of unbranched alkanes of at least 4 members (excludes halogenated alkanes) is 1. The van der Waals surface area contributed by atoms with Crippen LogP contribution in [0.15, 0.2) is 0 Å². The van der Waals surface area contributed by atoms with E-state index in [0.717, 1.165) is 38.8 Å². The lowest BCUT2D eigenvalue weighted by atomic mass is 9.93. The average Bonchev–Trinajstić information content (AvgIpc) is 2.82. The van der Waals surface area contributed by atoms with E-state index in [2.05, 4.69) is 50.6 Å². The van der Waals surface area contributed by atoms with Crippen molar-refractivity contribution in [3.63, 3.8) is 0 Å². The van der Waals surface area contributed by atoms with Crippen molar-refractivity contribution in [2.45, 2.75) is 119 Å². The summed E-state index contributed by atoms with van der Waals surface area (Å²) in [6.07, 6.45) is 5.13. The molecule has 8 heteroatoms. The normalized spacial score (nSPS) is 11.0. The van der Waals surface area contributed by atoms with Crippen molar-refractivity contribution >= 4 is 18.7 Å². The molecule has 0 aromatic rings. The lowest BCUT2D eigenvalue weighted by Crippen LogP contribution is -2.33. The second-order valence-corrected chi connectivity index (χ2v) is 9.15. The summed E-state index contributed by atoms with van der Waals surface area (Å²) in [6, 6.07) is -0.387. The van der Waals surface area contributed by atoms with Crippen LogP contribution in [0.3, 0.4) is 0 Å². The molecule has 0 aliphatic rings. The van der Waals surface area contributed by atoms with Crippen LogP contribution in [0.1, 0.15) is 108 Å². The fourth-order valence-electron chi connectivity index (χ4n) is 2.38. The number of hydrogen-bond acceptors (Lipinski definition) is 6. The Hall–Kier alpha value is -1.51. The molecule has 0 fully saturated rings. The molecule has 0 bridgehead atoms. The van der Waals surface area contributed by atoms with Crippen molar-refractivity contribution in [3.8, 4) is 0 Å². The highest BCUT2D eigenvalue weighted by molar-refractivity contribution is 5.75. The molecular weight excluding hydrogens is 446 g/mol. The Morgan fingerprint density at radius 3 is 1.80 bits per heavy atom. The van der Waals surface area contributed by atoms with E-state index in [1.165, 1.54) is 0 Å². The molecule has 4 N–H and O–H groups in total. The quantitative estimate of drug-likeness (QED) is 0.243. The summed E-state index contributed by atoms with van der Waals surface area (Å²) in [6.45, 7) is 25.1. The van der Waals surface area contributed by atoms with E-state index in [1.54, 1.807) is 7.05 Å². The van der Waals surface area contributed by atoms with Crippen LogP contribution in [-0.4, -0.2) is 69.2 Å². The van der Waals surface area contributed by atoms with Crippen LogP contribution in [0.5, 0.6) is 0 Å². The molecule has 0 aliphatic heterocycles. The molecule has 1 amide bonds. The molecule has 214 valence electrons. The van der Waals surface area contributed by atoms with Crippen LogP contribution in [0.25, 0.3) is 0 Å². The van der Waals surface area contributed by atoms with Gasteiger partial charge in [0.25, 0.3) is 0 Å². The summed E-state index contributed by atoms with van der Waals surface area (Å²) in [5.41, 5.74) is 0.152. The summed E-state index contributed by atoms with van der Waals surface area (Å²) >= 11 is 0. The molecule has 0 saturated carbocycles. The molecule has 0 heterocycles. The minimum absolute atomic E-state index is 0.107. The maximum atomic E-state index is 11.1. The number of carbonyl (C=O) groups excluding carboxylic acids is 2.